The van der Waals surface area contributed by atoms with Gasteiger partial charge in [0, 0.05) is 5.92 Å². The van der Waals surface area contributed by atoms with E-state index in [-0.39, 0.29) is 12.3 Å². The Hall–Kier alpha value is -1.39. The van der Waals surface area contributed by atoms with Gasteiger partial charge in [-0.05, 0) is 6.42 Å². The van der Waals surface area contributed by atoms with Gasteiger partial charge in [0.15, 0.2) is 5.82 Å². The molecule has 1 aromatic heterocycles. The van der Waals surface area contributed by atoms with Crippen molar-refractivity contribution in [3.63, 3.8) is 0 Å². The van der Waals surface area contributed by atoms with E-state index in [4.69, 9.17) is 5.11 Å². The monoisotopic (exact) mass is 183 g/mol. The summed E-state index contributed by atoms with van der Waals surface area (Å²) in [6.07, 6.45) is 0.855. The van der Waals surface area contributed by atoms with Crippen molar-refractivity contribution in [2.45, 2.75) is 32.6 Å². The van der Waals surface area contributed by atoms with Gasteiger partial charge in [-0.3, -0.25) is 9.89 Å². The Morgan fingerprint density at radius 2 is 2.38 bits per heavy atom. The Morgan fingerprint density at radius 3 is 2.92 bits per heavy atom. The zero-order valence-electron chi connectivity index (χ0n) is 7.74. The number of hydrogen-bond donors (Lipinski definition) is 2. The number of aromatic amines is 1. The second-order valence-corrected chi connectivity index (χ2v) is 3.02. The van der Waals surface area contributed by atoms with Crippen molar-refractivity contribution in [3.05, 3.63) is 11.6 Å². The molecular formula is C8H13N3O2. The van der Waals surface area contributed by atoms with E-state index in [1.165, 1.54) is 0 Å². The molecule has 0 bridgehead atoms. The molecule has 13 heavy (non-hydrogen) atoms. The van der Waals surface area contributed by atoms with Crippen molar-refractivity contribution in [2.75, 3.05) is 0 Å². The maximum atomic E-state index is 10.3. The summed E-state index contributed by atoms with van der Waals surface area (Å²) in [4.78, 5) is 14.4. The van der Waals surface area contributed by atoms with Gasteiger partial charge in [-0.2, -0.15) is 5.10 Å². The van der Waals surface area contributed by atoms with Crippen LogP contribution >= 0.6 is 0 Å². The lowest BCUT2D eigenvalue weighted by Crippen LogP contribution is -2.02. The highest BCUT2D eigenvalue weighted by Crippen LogP contribution is 2.13. The van der Waals surface area contributed by atoms with Gasteiger partial charge < -0.3 is 5.11 Å². The molecule has 0 aliphatic carbocycles. The smallest absolute Gasteiger partial charge is 0.311 e. The minimum Gasteiger partial charge on any atom is -0.481 e. The lowest BCUT2D eigenvalue weighted by atomic mass is 10.1. The fraction of sp³-hybridized carbons (Fsp3) is 0.625. The molecular weight excluding hydrogens is 170 g/mol. The zero-order chi connectivity index (χ0) is 9.84. The molecule has 0 saturated heterocycles. The molecule has 0 spiro atoms. The number of carboxylic acid groups (broad SMARTS) is 1. The first-order valence-corrected chi connectivity index (χ1v) is 4.26. The van der Waals surface area contributed by atoms with Crippen LogP contribution in [0.2, 0.25) is 0 Å². The summed E-state index contributed by atoms with van der Waals surface area (Å²) < 4.78 is 0. The summed E-state index contributed by atoms with van der Waals surface area (Å²) in [7, 11) is 0. The van der Waals surface area contributed by atoms with Gasteiger partial charge in [-0.1, -0.05) is 13.8 Å². The van der Waals surface area contributed by atoms with Gasteiger partial charge in [0.05, 0.1) is 0 Å². The molecule has 1 rings (SSSR count). The van der Waals surface area contributed by atoms with Crippen LogP contribution in [0.3, 0.4) is 0 Å². The molecule has 5 heteroatoms. The minimum atomic E-state index is -0.896. The molecule has 0 amide bonds. The van der Waals surface area contributed by atoms with E-state index in [1.807, 2.05) is 13.8 Å². The minimum absolute atomic E-state index is 0.0938. The molecule has 0 aliphatic rings. The van der Waals surface area contributed by atoms with E-state index in [0.29, 0.717) is 11.6 Å². The highest BCUT2D eigenvalue weighted by atomic mass is 16.4. The molecule has 0 saturated carbocycles. The van der Waals surface area contributed by atoms with Gasteiger partial charge in [0.2, 0.25) is 0 Å². The fourth-order valence-corrected chi connectivity index (χ4v) is 0.935. The molecule has 1 aromatic rings. The van der Waals surface area contributed by atoms with Gasteiger partial charge in [-0.25, -0.2) is 4.98 Å². The van der Waals surface area contributed by atoms with Crippen LogP contribution in [0.4, 0.5) is 0 Å². The number of nitrogens with one attached hydrogen (secondary N) is 1. The summed E-state index contributed by atoms with van der Waals surface area (Å²) in [6.45, 7) is 4.05. The normalized spacial score (nSPS) is 12.8. The molecule has 5 nitrogen and oxygen atoms in total. The standard InChI is InChI=1S/C8H13N3O2/c1-3-5(2)8-9-6(10-11-8)4-7(12)13/h5H,3-4H2,1-2H3,(H,12,13)(H,9,10,11). The summed E-state index contributed by atoms with van der Waals surface area (Å²) in [5.74, 6) is 0.493. The van der Waals surface area contributed by atoms with Crippen LogP contribution in [-0.2, 0) is 11.2 Å². The first kappa shape index (κ1) is 9.70. The van der Waals surface area contributed by atoms with E-state index in [9.17, 15) is 4.79 Å². The van der Waals surface area contributed by atoms with Crippen LogP contribution < -0.4 is 0 Å². The third kappa shape index (κ3) is 2.54. The van der Waals surface area contributed by atoms with Crippen LogP contribution in [0.5, 0.6) is 0 Å². The van der Waals surface area contributed by atoms with Crippen LogP contribution in [0.1, 0.15) is 37.8 Å². The summed E-state index contributed by atoms with van der Waals surface area (Å²) >= 11 is 0. The van der Waals surface area contributed by atoms with Crippen LogP contribution in [0.25, 0.3) is 0 Å². The van der Waals surface area contributed by atoms with Crippen molar-refractivity contribution in [3.8, 4) is 0 Å². The number of carbonyl (C=O) groups is 1. The van der Waals surface area contributed by atoms with E-state index in [2.05, 4.69) is 15.2 Å². The first-order chi connectivity index (χ1) is 6.13. The molecule has 0 fully saturated rings. The largest absolute Gasteiger partial charge is 0.481 e. The van der Waals surface area contributed by atoms with Crippen molar-refractivity contribution in [1.82, 2.24) is 15.2 Å². The van der Waals surface area contributed by atoms with Crippen molar-refractivity contribution >= 4 is 5.97 Å². The van der Waals surface area contributed by atoms with E-state index in [0.717, 1.165) is 6.42 Å². The van der Waals surface area contributed by atoms with Crippen molar-refractivity contribution < 1.29 is 9.90 Å². The second kappa shape index (κ2) is 4.02. The maximum absolute atomic E-state index is 10.3. The molecule has 0 aliphatic heterocycles. The second-order valence-electron chi connectivity index (χ2n) is 3.02. The van der Waals surface area contributed by atoms with Crippen LogP contribution in [0.15, 0.2) is 0 Å². The number of hydrogen-bond acceptors (Lipinski definition) is 3. The van der Waals surface area contributed by atoms with Gasteiger partial charge in [0.25, 0.3) is 0 Å². The summed E-state index contributed by atoms with van der Waals surface area (Å²) in [5, 5.41) is 15.0. The fourth-order valence-electron chi connectivity index (χ4n) is 0.935. The molecule has 0 aromatic carbocycles. The highest BCUT2D eigenvalue weighted by Gasteiger charge is 2.11. The zero-order valence-corrected chi connectivity index (χ0v) is 7.74. The van der Waals surface area contributed by atoms with Crippen molar-refractivity contribution in [2.24, 2.45) is 0 Å². The van der Waals surface area contributed by atoms with Crippen LogP contribution in [0, 0.1) is 0 Å². The number of carboxylic acids is 1. The average molecular weight is 183 g/mol. The van der Waals surface area contributed by atoms with Gasteiger partial charge >= 0.3 is 5.97 Å². The number of aromatic nitrogens is 3. The summed E-state index contributed by atoms with van der Waals surface area (Å²) in [5.41, 5.74) is 0. The number of nitrogens with zero attached hydrogens (tertiary/aromatic N) is 2. The van der Waals surface area contributed by atoms with Gasteiger partial charge in [0.1, 0.15) is 12.2 Å². The third-order valence-electron chi connectivity index (χ3n) is 1.92. The molecule has 0 radical (unpaired) electrons. The Balaban J connectivity index is 2.68. The Morgan fingerprint density at radius 1 is 1.69 bits per heavy atom. The predicted octanol–water partition coefficient (Wildman–Crippen LogP) is 0.945. The van der Waals surface area contributed by atoms with E-state index in [1.54, 1.807) is 0 Å². The Kier molecular flexibility index (Phi) is 3.00. The lowest BCUT2D eigenvalue weighted by molar-refractivity contribution is -0.136. The first-order valence-electron chi connectivity index (χ1n) is 4.26. The van der Waals surface area contributed by atoms with Gasteiger partial charge in [-0.15, -0.1) is 0 Å². The molecule has 2 N–H and O–H groups in total. The van der Waals surface area contributed by atoms with E-state index >= 15 is 0 Å². The average Bonchev–Trinajstić information content (AvgIpc) is 2.50. The predicted molar refractivity (Wildman–Crippen MR) is 46.4 cm³/mol. The number of H-pyrrole nitrogens is 1. The molecule has 1 heterocycles. The SMILES string of the molecule is CCC(C)c1n[nH]c(CC(=O)O)n1. The topological polar surface area (TPSA) is 78.9 Å². The number of aliphatic carboxylic acids is 1. The quantitative estimate of drug-likeness (QED) is 0.728. The molecule has 1 atom stereocenters. The summed E-state index contributed by atoms with van der Waals surface area (Å²) in [6, 6.07) is 0. The molecule has 72 valence electrons. The molecule has 1 unspecified atom stereocenters. The van der Waals surface area contributed by atoms with E-state index < -0.39 is 5.97 Å². The Labute approximate surface area is 76.2 Å². The highest BCUT2D eigenvalue weighted by molar-refractivity contribution is 5.68. The van der Waals surface area contributed by atoms with Crippen LogP contribution in [-0.4, -0.2) is 26.3 Å². The Bertz CT molecular complexity index is 295. The lowest BCUT2D eigenvalue weighted by Gasteiger charge is -1.99. The number of rotatable bonds is 4. The van der Waals surface area contributed by atoms with Crippen molar-refractivity contribution in [1.29, 1.82) is 0 Å². The third-order valence-corrected chi connectivity index (χ3v) is 1.92. The maximum Gasteiger partial charge on any atom is 0.311 e.